The van der Waals surface area contributed by atoms with Gasteiger partial charge in [0, 0.05) is 6.04 Å². The van der Waals surface area contributed by atoms with Gasteiger partial charge < -0.3 is 5.73 Å². The van der Waals surface area contributed by atoms with Gasteiger partial charge in [-0.3, -0.25) is 4.90 Å². The highest BCUT2D eigenvalue weighted by Gasteiger charge is 2.18. The normalized spacial score (nSPS) is 18.9. The van der Waals surface area contributed by atoms with E-state index >= 15 is 0 Å². The van der Waals surface area contributed by atoms with Gasteiger partial charge in [0.25, 0.3) is 0 Å². The number of hydrogen-bond acceptors (Lipinski definition) is 2. The summed E-state index contributed by atoms with van der Waals surface area (Å²) in [6.45, 7) is 5.56. The number of nitrogens with two attached hydrogens (primary N) is 1. The molecule has 0 bridgehead atoms. The van der Waals surface area contributed by atoms with Crippen LogP contribution in [0.5, 0.6) is 0 Å². The molecule has 0 aromatic heterocycles. The van der Waals surface area contributed by atoms with Crippen LogP contribution in [0.3, 0.4) is 0 Å². The maximum atomic E-state index is 5.55. The van der Waals surface area contributed by atoms with Crippen molar-refractivity contribution in [2.75, 3.05) is 19.6 Å². The van der Waals surface area contributed by atoms with Crippen molar-refractivity contribution in [1.29, 1.82) is 0 Å². The van der Waals surface area contributed by atoms with E-state index in [0.29, 0.717) is 6.04 Å². The summed E-state index contributed by atoms with van der Waals surface area (Å²) >= 11 is 0. The third-order valence-corrected chi connectivity index (χ3v) is 3.58. The van der Waals surface area contributed by atoms with Crippen molar-refractivity contribution in [2.45, 2.75) is 32.2 Å². The third-order valence-electron chi connectivity index (χ3n) is 3.58. The topological polar surface area (TPSA) is 29.3 Å². The molecule has 88 valence electrons. The summed E-state index contributed by atoms with van der Waals surface area (Å²) in [6, 6.07) is 9.51. The molecule has 1 fully saturated rings. The second-order valence-corrected chi connectivity index (χ2v) is 4.70. The Morgan fingerprint density at radius 3 is 2.38 bits per heavy atom. The first-order valence-corrected chi connectivity index (χ1v) is 6.34. The summed E-state index contributed by atoms with van der Waals surface area (Å²) in [7, 11) is 0. The lowest BCUT2D eigenvalue weighted by Gasteiger charge is -2.24. The molecule has 1 aliphatic rings. The Morgan fingerprint density at radius 2 is 1.81 bits per heavy atom. The van der Waals surface area contributed by atoms with Gasteiger partial charge in [0.15, 0.2) is 0 Å². The van der Waals surface area contributed by atoms with Crippen LogP contribution in [0.15, 0.2) is 24.3 Å². The first kappa shape index (κ1) is 11.6. The van der Waals surface area contributed by atoms with Crippen LogP contribution in [-0.4, -0.2) is 24.5 Å². The van der Waals surface area contributed by atoms with E-state index in [1.165, 1.54) is 37.1 Å². The van der Waals surface area contributed by atoms with Crippen LogP contribution in [0.1, 0.15) is 36.9 Å². The first-order chi connectivity index (χ1) is 7.81. The number of likely N-dealkylation sites (tertiary alicyclic amines) is 1. The van der Waals surface area contributed by atoms with Crippen LogP contribution in [0.2, 0.25) is 0 Å². The zero-order chi connectivity index (χ0) is 11.4. The van der Waals surface area contributed by atoms with E-state index in [2.05, 4.69) is 36.1 Å². The zero-order valence-electron chi connectivity index (χ0n) is 10.2. The van der Waals surface area contributed by atoms with Crippen LogP contribution < -0.4 is 5.73 Å². The maximum absolute atomic E-state index is 5.55. The molecule has 2 rings (SSSR count). The van der Waals surface area contributed by atoms with Crippen LogP contribution >= 0.6 is 0 Å². The van der Waals surface area contributed by atoms with E-state index in [-0.39, 0.29) is 0 Å². The Balaban J connectivity index is 2.02. The summed E-state index contributed by atoms with van der Waals surface area (Å²) in [6.07, 6.45) is 3.70. The fourth-order valence-corrected chi connectivity index (χ4v) is 2.47. The molecule has 1 aliphatic heterocycles. The number of hydrogen-bond donors (Lipinski definition) is 1. The van der Waals surface area contributed by atoms with Crippen LogP contribution in [0, 0.1) is 0 Å². The molecule has 1 heterocycles. The van der Waals surface area contributed by atoms with Crippen molar-refractivity contribution in [3.8, 4) is 0 Å². The predicted octanol–water partition coefficient (Wildman–Crippen LogP) is 2.34. The second-order valence-electron chi connectivity index (χ2n) is 4.70. The molecular weight excluding hydrogens is 196 g/mol. The molecule has 1 unspecified atom stereocenters. The second kappa shape index (κ2) is 5.46. The van der Waals surface area contributed by atoms with Gasteiger partial charge >= 0.3 is 0 Å². The summed E-state index contributed by atoms with van der Waals surface area (Å²) < 4.78 is 0. The Kier molecular flexibility index (Phi) is 3.97. The van der Waals surface area contributed by atoms with Crippen molar-refractivity contribution in [3.05, 3.63) is 35.4 Å². The minimum Gasteiger partial charge on any atom is -0.330 e. The Labute approximate surface area is 98.4 Å². The van der Waals surface area contributed by atoms with E-state index in [9.17, 15) is 0 Å². The molecule has 2 heteroatoms. The van der Waals surface area contributed by atoms with Crippen molar-refractivity contribution in [1.82, 2.24) is 4.90 Å². The van der Waals surface area contributed by atoms with Crippen molar-refractivity contribution < 1.29 is 0 Å². The monoisotopic (exact) mass is 218 g/mol. The molecule has 2 nitrogen and oxygen atoms in total. The molecule has 1 atom stereocenters. The highest BCUT2D eigenvalue weighted by molar-refractivity contribution is 5.25. The lowest BCUT2D eigenvalue weighted by molar-refractivity contribution is 0.263. The van der Waals surface area contributed by atoms with Crippen LogP contribution in [0.25, 0.3) is 0 Å². The van der Waals surface area contributed by atoms with E-state index in [4.69, 9.17) is 5.73 Å². The Bertz CT molecular complexity index is 312. The van der Waals surface area contributed by atoms with Gasteiger partial charge in [0.1, 0.15) is 0 Å². The molecule has 0 amide bonds. The minimum atomic E-state index is 0.564. The van der Waals surface area contributed by atoms with E-state index < -0.39 is 0 Å². The average Bonchev–Trinajstić information content (AvgIpc) is 2.83. The maximum Gasteiger partial charge on any atom is 0.0319 e. The van der Waals surface area contributed by atoms with Gasteiger partial charge in [0.2, 0.25) is 0 Å². The summed E-state index contributed by atoms with van der Waals surface area (Å²) in [4.78, 5) is 2.57. The van der Waals surface area contributed by atoms with Crippen molar-refractivity contribution >= 4 is 0 Å². The first-order valence-electron chi connectivity index (χ1n) is 6.34. The van der Waals surface area contributed by atoms with Gasteiger partial charge in [0.05, 0.1) is 0 Å². The molecule has 0 saturated carbocycles. The molecular formula is C14H22N2. The molecule has 0 radical (unpaired) electrons. The fourth-order valence-electron chi connectivity index (χ4n) is 2.47. The SMILES string of the molecule is CC(c1ccc(CCN)cc1)N1CCCC1. The van der Waals surface area contributed by atoms with E-state index in [0.717, 1.165) is 13.0 Å². The number of rotatable bonds is 4. The molecule has 2 N–H and O–H groups in total. The molecule has 1 aromatic rings. The zero-order valence-corrected chi connectivity index (χ0v) is 10.2. The van der Waals surface area contributed by atoms with Crippen molar-refractivity contribution in [2.24, 2.45) is 5.73 Å². The predicted molar refractivity (Wildman–Crippen MR) is 68.4 cm³/mol. The van der Waals surface area contributed by atoms with Gasteiger partial charge in [-0.1, -0.05) is 24.3 Å². The largest absolute Gasteiger partial charge is 0.330 e. The van der Waals surface area contributed by atoms with Gasteiger partial charge in [-0.15, -0.1) is 0 Å². The molecule has 1 aromatic carbocycles. The minimum absolute atomic E-state index is 0.564. The lowest BCUT2D eigenvalue weighted by atomic mass is 10.0. The van der Waals surface area contributed by atoms with E-state index in [1.54, 1.807) is 0 Å². The molecule has 0 aliphatic carbocycles. The van der Waals surface area contributed by atoms with Gasteiger partial charge in [-0.25, -0.2) is 0 Å². The van der Waals surface area contributed by atoms with Crippen LogP contribution in [0.4, 0.5) is 0 Å². The number of nitrogens with zero attached hydrogens (tertiary/aromatic N) is 1. The quantitative estimate of drug-likeness (QED) is 0.840. The standard InChI is InChI=1S/C14H22N2/c1-12(16-10-2-3-11-16)14-6-4-13(5-7-14)8-9-15/h4-7,12H,2-3,8-11,15H2,1H3. The summed E-state index contributed by atoms with van der Waals surface area (Å²) in [5, 5.41) is 0. The fraction of sp³-hybridized carbons (Fsp3) is 0.571. The lowest BCUT2D eigenvalue weighted by Crippen LogP contribution is -2.23. The Hall–Kier alpha value is -0.860. The molecule has 0 spiro atoms. The summed E-state index contributed by atoms with van der Waals surface area (Å²) in [5.41, 5.74) is 8.33. The van der Waals surface area contributed by atoms with E-state index in [1.807, 2.05) is 0 Å². The Morgan fingerprint density at radius 1 is 1.19 bits per heavy atom. The molecule has 16 heavy (non-hydrogen) atoms. The van der Waals surface area contributed by atoms with Crippen LogP contribution in [-0.2, 0) is 6.42 Å². The van der Waals surface area contributed by atoms with Gasteiger partial charge in [-0.05, 0) is 56.9 Å². The van der Waals surface area contributed by atoms with Crippen molar-refractivity contribution in [3.63, 3.8) is 0 Å². The highest BCUT2D eigenvalue weighted by atomic mass is 15.2. The third kappa shape index (κ3) is 2.63. The number of benzene rings is 1. The molecule has 1 saturated heterocycles. The smallest absolute Gasteiger partial charge is 0.0319 e. The average molecular weight is 218 g/mol. The summed E-state index contributed by atoms with van der Waals surface area (Å²) in [5.74, 6) is 0. The highest BCUT2D eigenvalue weighted by Crippen LogP contribution is 2.24. The van der Waals surface area contributed by atoms with Gasteiger partial charge in [-0.2, -0.15) is 0 Å².